The first-order valence-corrected chi connectivity index (χ1v) is 9.48. The highest BCUT2D eigenvalue weighted by Gasteiger charge is 2.27. The summed E-state index contributed by atoms with van der Waals surface area (Å²) in [6.45, 7) is 4.75. The molecule has 134 valence electrons. The van der Waals surface area contributed by atoms with Crippen LogP contribution >= 0.6 is 11.3 Å². The maximum Gasteiger partial charge on any atom is 0.349 e. The molecule has 0 saturated carbocycles. The van der Waals surface area contributed by atoms with Crippen molar-refractivity contribution in [2.75, 3.05) is 13.1 Å². The first-order chi connectivity index (χ1) is 12.0. The Labute approximate surface area is 150 Å². The molecule has 1 aliphatic heterocycles. The average Bonchev–Trinajstić information content (AvgIpc) is 2.76. The van der Waals surface area contributed by atoms with E-state index in [1.807, 2.05) is 0 Å². The third kappa shape index (κ3) is 3.68. The van der Waals surface area contributed by atoms with Gasteiger partial charge in [0.1, 0.15) is 10.7 Å². The quantitative estimate of drug-likeness (QED) is 0.764. The van der Waals surface area contributed by atoms with Crippen LogP contribution in [0, 0.1) is 12.7 Å². The van der Waals surface area contributed by atoms with Gasteiger partial charge in [-0.1, -0.05) is 18.9 Å². The molecule has 1 aliphatic rings. The van der Waals surface area contributed by atoms with E-state index in [0.717, 1.165) is 25.7 Å². The zero-order valence-corrected chi connectivity index (χ0v) is 15.3. The van der Waals surface area contributed by atoms with E-state index in [-0.39, 0.29) is 11.7 Å². The number of ether oxygens (including phenoxy) is 1. The van der Waals surface area contributed by atoms with Gasteiger partial charge in [-0.3, -0.25) is 4.79 Å². The number of benzene rings is 1. The lowest BCUT2D eigenvalue weighted by Crippen LogP contribution is -2.40. The number of carbonyl (C=O) groups is 2. The number of aryl methyl sites for hydroxylation is 1. The molecule has 0 bridgehead atoms. The van der Waals surface area contributed by atoms with Crippen molar-refractivity contribution in [3.63, 3.8) is 0 Å². The summed E-state index contributed by atoms with van der Waals surface area (Å²) in [5.41, 5.74) is 0.567. The number of nitrogens with zero attached hydrogens (tertiary/aromatic N) is 1. The summed E-state index contributed by atoms with van der Waals surface area (Å²) in [4.78, 5) is 27.2. The Morgan fingerprint density at radius 3 is 2.52 bits per heavy atom. The first-order valence-electron chi connectivity index (χ1n) is 8.66. The Hall–Kier alpha value is -1.95. The van der Waals surface area contributed by atoms with Gasteiger partial charge in [0, 0.05) is 23.2 Å². The molecule has 1 atom stereocenters. The number of hydrogen-bond donors (Lipinski definition) is 0. The number of amides is 1. The van der Waals surface area contributed by atoms with Crippen LogP contribution in [-0.2, 0) is 9.53 Å². The lowest BCUT2D eigenvalue weighted by Gasteiger charge is -2.23. The fourth-order valence-corrected chi connectivity index (χ4v) is 4.37. The molecular weight excluding hydrogens is 341 g/mol. The van der Waals surface area contributed by atoms with Crippen LogP contribution in [0.5, 0.6) is 0 Å². The molecule has 0 unspecified atom stereocenters. The van der Waals surface area contributed by atoms with Gasteiger partial charge in [-0.05, 0) is 44.4 Å². The van der Waals surface area contributed by atoms with Gasteiger partial charge in [0.05, 0.1) is 0 Å². The summed E-state index contributed by atoms with van der Waals surface area (Å²) in [6.07, 6.45) is 3.40. The van der Waals surface area contributed by atoms with Gasteiger partial charge in [0.25, 0.3) is 5.91 Å². The number of hydrogen-bond acceptors (Lipinski definition) is 4. The SMILES string of the molecule is Cc1c(C(=O)O[C@H](C)C(=O)N2CCCCCC2)sc2cccc(F)c12. The molecule has 0 spiro atoms. The topological polar surface area (TPSA) is 46.6 Å². The molecule has 0 aliphatic carbocycles. The number of halogens is 1. The molecule has 0 radical (unpaired) electrons. The Kier molecular flexibility index (Phi) is 5.37. The van der Waals surface area contributed by atoms with E-state index in [9.17, 15) is 14.0 Å². The third-order valence-electron chi connectivity index (χ3n) is 4.64. The lowest BCUT2D eigenvalue weighted by atomic mass is 10.1. The monoisotopic (exact) mass is 363 g/mol. The molecule has 2 heterocycles. The van der Waals surface area contributed by atoms with E-state index in [1.54, 1.807) is 30.9 Å². The van der Waals surface area contributed by atoms with Crippen LogP contribution in [0.25, 0.3) is 10.1 Å². The van der Waals surface area contributed by atoms with Gasteiger partial charge in [-0.2, -0.15) is 0 Å². The molecule has 0 N–H and O–H groups in total. The smallest absolute Gasteiger partial charge is 0.349 e. The van der Waals surface area contributed by atoms with Crippen LogP contribution in [0.15, 0.2) is 18.2 Å². The molecule has 1 aromatic carbocycles. The summed E-state index contributed by atoms with van der Waals surface area (Å²) in [7, 11) is 0. The van der Waals surface area contributed by atoms with Gasteiger partial charge < -0.3 is 9.64 Å². The second-order valence-corrected chi connectivity index (χ2v) is 7.51. The normalized spacial score (nSPS) is 16.5. The molecule has 4 nitrogen and oxygen atoms in total. The minimum Gasteiger partial charge on any atom is -0.448 e. The van der Waals surface area contributed by atoms with Gasteiger partial charge in [0.15, 0.2) is 6.10 Å². The summed E-state index contributed by atoms with van der Waals surface area (Å²) >= 11 is 1.20. The molecule has 1 aromatic heterocycles. The number of carbonyl (C=O) groups excluding carboxylic acids is 2. The highest BCUT2D eigenvalue weighted by Crippen LogP contribution is 2.33. The number of esters is 1. The van der Waals surface area contributed by atoms with Crippen molar-refractivity contribution in [2.24, 2.45) is 0 Å². The number of thiophene rings is 1. The largest absolute Gasteiger partial charge is 0.448 e. The van der Waals surface area contributed by atoms with Crippen LogP contribution in [0.2, 0.25) is 0 Å². The fraction of sp³-hybridized carbons (Fsp3) is 0.474. The second kappa shape index (κ2) is 7.52. The molecule has 3 rings (SSSR count). The summed E-state index contributed by atoms with van der Waals surface area (Å²) in [5.74, 6) is -1.06. The van der Waals surface area contributed by atoms with E-state index in [1.165, 1.54) is 17.4 Å². The van der Waals surface area contributed by atoms with E-state index in [0.29, 0.717) is 33.6 Å². The van der Waals surface area contributed by atoms with E-state index < -0.39 is 12.1 Å². The average molecular weight is 363 g/mol. The predicted molar refractivity (Wildman–Crippen MR) is 96.4 cm³/mol. The molecule has 1 amide bonds. The minimum atomic E-state index is -0.833. The van der Waals surface area contributed by atoms with E-state index in [2.05, 4.69) is 0 Å². The van der Waals surface area contributed by atoms with Crippen molar-refractivity contribution in [3.05, 3.63) is 34.5 Å². The number of likely N-dealkylation sites (tertiary alicyclic amines) is 1. The van der Waals surface area contributed by atoms with Crippen molar-refractivity contribution < 1.29 is 18.7 Å². The molecule has 1 fully saturated rings. The second-order valence-electron chi connectivity index (χ2n) is 6.46. The van der Waals surface area contributed by atoms with Gasteiger partial charge in [-0.15, -0.1) is 11.3 Å². The zero-order chi connectivity index (χ0) is 18.0. The molecule has 6 heteroatoms. The number of rotatable bonds is 3. The highest BCUT2D eigenvalue weighted by molar-refractivity contribution is 7.21. The molecular formula is C19H22FNO3S. The fourth-order valence-electron chi connectivity index (χ4n) is 3.26. The Balaban J connectivity index is 1.74. The van der Waals surface area contributed by atoms with Crippen molar-refractivity contribution in [1.82, 2.24) is 4.90 Å². The van der Waals surface area contributed by atoms with Gasteiger partial charge in [-0.25, -0.2) is 9.18 Å². The summed E-state index contributed by atoms with van der Waals surface area (Å²) < 4.78 is 20.1. The van der Waals surface area contributed by atoms with Crippen molar-refractivity contribution in [1.29, 1.82) is 0 Å². The summed E-state index contributed by atoms with van der Waals surface area (Å²) in [5, 5.41) is 0.450. The standard InChI is InChI=1S/C19H22FNO3S/c1-12-16-14(20)8-7-9-15(16)25-17(12)19(23)24-13(2)18(22)21-10-5-3-4-6-11-21/h7-9,13H,3-6,10-11H2,1-2H3/t13-/m1/s1. The van der Waals surface area contributed by atoms with Crippen LogP contribution in [0.4, 0.5) is 4.39 Å². The Bertz CT molecular complexity index is 793. The van der Waals surface area contributed by atoms with Crippen molar-refractivity contribution >= 4 is 33.3 Å². The molecule has 1 saturated heterocycles. The van der Waals surface area contributed by atoms with Gasteiger partial charge in [0.2, 0.25) is 0 Å². The first kappa shape index (κ1) is 17.9. The maximum absolute atomic E-state index is 14.0. The maximum atomic E-state index is 14.0. The van der Waals surface area contributed by atoms with E-state index in [4.69, 9.17) is 4.74 Å². The van der Waals surface area contributed by atoms with Crippen molar-refractivity contribution in [3.8, 4) is 0 Å². The van der Waals surface area contributed by atoms with Crippen molar-refractivity contribution in [2.45, 2.75) is 45.6 Å². The zero-order valence-electron chi connectivity index (χ0n) is 14.5. The molecule has 25 heavy (non-hydrogen) atoms. The summed E-state index contributed by atoms with van der Waals surface area (Å²) in [6, 6.07) is 4.77. The highest BCUT2D eigenvalue weighted by atomic mass is 32.1. The van der Waals surface area contributed by atoms with Crippen LogP contribution in [-0.4, -0.2) is 36.0 Å². The van der Waals surface area contributed by atoms with Crippen LogP contribution in [0.1, 0.15) is 47.8 Å². The Morgan fingerprint density at radius 1 is 1.20 bits per heavy atom. The van der Waals surface area contributed by atoms with Crippen LogP contribution in [0.3, 0.4) is 0 Å². The predicted octanol–water partition coefficient (Wildman–Crippen LogP) is 4.30. The number of fused-ring (bicyclic) bond motifs is 1. The Morgan fingerprint density at radius 2 is 1.88 bits per heavy atom. The minimum absolute atomic E-state index is 0.153. The molecule has 2 aromatic rings. The lowest BCUT2D eigenvalue weighted by molar-refractivity contribution is -0.139. The third-order valence-corrected chi connectivity index (χ3v) is 5.87. The van der Waals surface area contributed by atoms with Crippen LogP contribution < -0.4 is 0 Å². The van der Waals surface area contributed by atoms with Gasteiger partial charge >= 0.3 is 5.97 Å². The van der Waals surface area contributed by atoms with E-state index >= 15 is 0 Å².